The highest BCUT2D eigenvalue weighted by Gasteiger charge is 2.32. The van der Waals surface area contributed by atoms with E-state index in [0.29, 0.717) is 5.95 Å². The van der Waals surface area contributed by atoms with Crippen LogP contribution in [0.25, 0.3) is 22.5 Å². The van der Waals surface area contributed by atoms with Crippen LogP contribution in [-0.4, -0.2) is 15.7 Å². The first-order valence-electron chi connectivity index (χ1n) is 12.2. The molecular weight excluding hydrogens is 440 g/mol. The zero-order valence-corrected chi connectivity index (χ0v) is 20.1. The molecule has 0 spiro atoms. The molecule has 0 N–H and O–H groups in total. The first-order valence-corrected chi connectivity index (χ1v) is 12.2. The highest BCUT2D eigenvalue weighted by molar-refractivity contribution is 6.03. The highest BCUT2D eigenvalue weighted by atomic mass is 15.5. The first-order chi connectivity index (χ1) is 17.7. The predicted molar refractivity (Wildman–Crippen MR) is 147 cm³/mol. The molecule has 1 atom stereocenters. The Bertz CT molecular complexity index is 1500. The van der Waals surface area contributed by atoms with Crippen LogP contribution in [0.5, 0.6) is 0 Å². The smallest absolute Gasteiger partial charge is 0.223 e. The molecule has 0 saturated carbocycles. The van der Waals surface area contributed by atoms with Crippen LogP contribution in [0.4, 0.5) is 5.95 Å². The average Bonchev–Trinajstić information content (AvgIpc) is 3.40. The molecule has 0 fully saturated rings. The number of hydrogen-bond acceptors (Lipinski definition) is 4. The molecule has 1 aliphatic rings. The van der Waals surface area contributed by atoms with Crippen LogP contribution in [0.1, 0.15) is 29.2 Å². The van der Waals surface area contributed by atoms with Crippen molar-refractivity contribution in [3.05, 3.63) is 138 Å². The summed E-state index contributed by atoms with van der Waals surface area (Å²) in [6.07, 6.45) is 0.785. The molecule has 4 nitrogen and oxygen atoms in total. The fourth-order valence-corrected chi connectivity index (χ4v) is 4.60. The molecule has 6 rings (SSSR count). The number of nitrogens with zero attached hydrogens (tertiary/aromatic N) is 4. The number of benzene rings is 4. The summed E-state index contributed by atoms with van der Waals surface area (Å²) in [6.45, 7) is 2.10. The number of aromatic nitrogens is 2. The zero-order chi connectivity index (χ0) is 24.3. The van der Waals surface area contributed by atoms with Gasteiger partial charge in [-0.1, -0.05) is 121 Å². The van der Waals surface area contributed by atoms with Crippen molar-refractivity contribution in [3.63, 3.8) is 0 Å². The molecule has 174 valence electrons. The summed E-state index contributed by atoms with van der Waals surface area (Å²) < 4.78 is 0. The van der Waals surface area contributed by atoms with Crippen molar-refractivity contribution in [2.45, 2.75) is 19.4 Å². The van der Waals surface area contributed by atoms with Gasteiger partial charge >= 0.3 is 0 Å². The third kappa shape index (κ3) is 4.41. The lowest BCUT2D eigenvalue weighted by atomic mass is 9.98. The normalized spacial score (nSPS) is 15.1. The lowest BCUT2D eigenvalue weighted by Crippen LogP contribution is -2.21. The molecule has 36 heavy (non-hydrogen) atoms. The summed E-state index contributed by atoms with van der Waals surface area (Å²) in [5, 5.41) is 7.10. The minimum absolute atomic E-state index is 0.0123. The van der Waals surface area contributed by atoms with Crippen LogP contribution >= 0.6 is 0 Å². The Morgan fingerprint density at radius 2 is 1.14 bits per heavy atom. The van der Waals surface area contributed by atoms with Gasteiger partial charge in [0, 0.05) is 17.5 Å². The van der Waals surface area contributed by atoms with Crippen molar-refractivity contribution in [1.29, 1.82) is 0 Å². The molecule has 2 heterocycles. The summed E-state index contributed by atoms with van der Waals surface area (Å²) in [6, 6.07) is 41.7. The topological polar surface area (TPSA) is 41.4 Å². The predicted octanol–water partition coefficient (Wildman–Crippen LogP) is 7.47. The van der Waals surface area contributed by atoms with E-state index in [1.54, 1.807) is 0 Å². The van der Waals surface area contributed by atoms with Crippen molar-refractivity contribution in [2.24, 2.45) is 5.10 Å². The molecule has 1 aromatic heterocycles. The van der Waals surface area contributed by atoms with Crippen molar-refractivity contribution in [2.75, 3.05) is 5.01 Å². The van der Waals surface area contributed by atoms with Crippen molar-refractivity contribution in [3.8, 4) is 22.5 Å². The summed E-state index contributed by atoms with van der Waals surface area (Å²) in [7, 11) is 0. The van der Waals surface area contributed by atoms with E-state index in [1.807, 2.05) is 35.3 Å². The molecule has 1 aliphatic heterocycles. The van der Waals surface area contributed by atoms with Crippen LogP contribution in [-0.2, 0) is 0 Å². The van der Waals surface area contributed by atoms with Crippen molar-refractivity contribution in [1.82, 2.24) is 9.97 Å². The van der Waals surface area contributed by atoms with Gasteiger partial charge in [0.15, 0.2) is 0 Å². The van der Waals surface area contributed by atoms with E-state index in [4.69, 9.17) is 15.1 Å². The van der Waals surface area contributed by atoms with Crippen molar-refractivity contribution >= 4 is 11.7 Å². The molecule has 5 aromatic rings. The lowest BCUT2D eigenvalue weighted by Gasteiger charge is -2.23. The van der Waals surface area contributed by atoms with Crippen LogP contribution in [0.15, 0.2) is 126 Å². The van der Waals surface area contributed by atoms with Gasteiger partial charge in [-0.2, -0.15) is 5.10 Å². The summed E-state index contributed by atoms with van der Waals surface area (Å²) in [5.41, 5.74) is 8.45. The molecule has 0 radical (unpaired) electrons. The monoisotopic (exact) mass is 466 g/mol. The molecule has 1 unspecified atom stereocenters. The fourth-order valence-electron chi connectivity index (χ4n) is 4.60. The minimum atomic E-state index is 0.0123. The number of rotatable bonds is 5. The van der Waals surface area contributed by atoms with Crippen LogP contribution in [0.3, 0.4) is 0 Å². The van der Waals surface area contributed by atoms with Crippen molar-refractivity contribution < 1.29 is 0 Å². The van der Waals surface area contributed by atoms with Gasteiger partial charge in [0.25, 0.3) is 0 Å². The third-order valence-electron chi connectivity index (χ3n) is 6.54. The van der Waals surface area contributed by atoms with Gasteiger partial charge in [-0.25, -0.2) is 15.0 Å². The summed E-state index contributed by atoms with van der Waals surface area (Å²) in [5.74, 6) is 0.603. The Hall–Kier alpha value is -4.57. The Morgan fingerprint density at radius 1 is 0.611 bits per heavy atom. The standard InChI is InChI=1S/C32H26N4/c1-23-17-19-26(20-18-23)29-21-28(24-11-5-2-6-12-24)33-32(34-29)36-31(27-15-9-4-10-16-27)22-30(35-36)25-13-7-3-8-14-25/h2-21,31H,22H2,1H3. The molecule has 0 amide bonds. The second-order valence-electron chi connectivity index (χ2n) is 9.06. The lowest BCUT2D eigenvalue weighted by molar-refractivity contribution is 0.687. The Balaban J connectivity index is 1.51. The second-order valence-corrected chi connectivity index (χ2v) is 9.06. The van der Waals surface area contributed by atoms with Gasteiger partial charge in [-0.3, -0.25) is 0 Å². The van der Waals surface area contributed by atoms with Gasteiger partial charge in [0.1, 0.15) is 0 Å². The van der Waals surface area contributed by atoms with E-state index in [-0.39, 0.29) is 6.04 Å². The van der Waals surface area contributed by atoms with E-state index >= 15 is 0 Å². The maximum absolute atomic E-state index is 5.10. The largest absolute Gasteiger partial charge is 0.247 e. The second kappa shape index (κ2) is 9.59. The Labute approximate surface area is 211 Å². The van der Waals surface area contributed by atoms with Gasteiger partial charge in [0.05, 0.1) is 23.1 Å². The van der Waals surface area contributed by atoms with Crippen LogP contribution in [0, 0.1) is 6.92 Å². The highest BCUT2D eigenvalue weighted by Crippen LogP contribution is 2.37. The van der Waals surface area contributed by atoms with Gasteiger partial charge in [0.2, 0.25) is 5.95 Å². The molecular formula is C32H26N4. The van der Waals surface area contributed by atoms with Crippen LogP contribution < -0.4 is 5.01 Å². The van der Waals surface area contributed by atoms with Gasteiger partial charge < -0.3 is 0 Å². The molecule has 4 aromatic carbocycles. The number of hydrazone groups is 1. The number of anilines is 1. The molecule has 4 heteroatoms. The zero-order valence-electron chi connectivity index (χ0n) is 20.1. The molecule has 0 bridgehead atoms. The summed E-state index contributed by atoms with van der Waals surface area (Å²) in [4.78, 5) is 10.1. The van der Waals surface area contributed by atoms with Gasteiger partial charge in [-0.05, 0) is 24.1 Å². The quantitative estimate of drug-likeness (QED) is 0.270. The molecule has 0 saturated heterocycles. The average molecular weight is 467 g/mol. The summed E-state index contributed by atoms with van der Waals surface area (Å²) >= 11 is 0. The first kappa shape index (κ1) is 21.9. The SMILES string of the molecule is Cc1ccc(-c2cc(-c3ccccc3)nc(N3N=C(c4ccccc4)CC3c3ccccc3)n2)cc1. The van der Waals surface area contributed by atoms with Crippen LogP contribution in [0.2, 0.25) is 0 Å². The maximum Gasteiger partial charge on any atom is 0.247 e. The fraction of sp³-hybridized carbons (Fsp3) is 0.0938. The van der Waals surface area contributed by atoms with Gasteiger partial charge in [-0.15, -0.1) is 0 Å². The van der Waals surface area contributed by atoms with E-state index in [1.165, 1.54) is 11.1 Å². The Kier molecular flexibility index (Phi) is 5.84. The number of hydrogen-bond donors (Lipinski definition) is 0. The number of aryl methyl sites for hydroxylation is 1. The maximum atomic E-state index is 5.10. The van der Waals surface area contributed by atoms with E-state index < -0.39 is 0 Å². The van der Waals surface area contributed by atoms with E-state index in [2.05, 4.69) is 97.9 Å². The Morgan fingerprint density at radius 3 is 1.75 bits per heavy atom. The minimum Gasteiger partial charge on any atom is -0.223 e. The van der Waals surface area contributed by atoms with E-state index in [9.17, 15) is 0 Å². The molecule has 0 aliphatic carbocycles. The third-order valence-corrected chi connectivity index (χ3v) is 6.54. The van der Waals surface area contributed by atoms with E-state index in [0.717, 1.165) is 40.2 Å².